The van der Waals surface area contributed by atoms with Crippen molar-refractivity contribution >= 4 is 45.1 Å². The number of halogens is 4. The summed E-state index contributed by atoms with van der Waals surface area (Å²) in [5.41, 5.74) is 1.09. The molecule has 1 N–H and O–H groups in total. The lowest BCUT2D eigenvalue weighted by atomic mass is 10.00. The Bertz CT molecular complexity index is 1700. The van der Waals surface area contributed by atoms with Crippen LogP contribution in [-0.2, 0) is 26.0 Å². The van der Waals surface area contributed by atoms with Crippen LogP contribution in [-0.4, -0.2) is 69.9 Å². The summed E-state index contributed by atoms with van der Waals surface area (Å²) in [6, 6.07) is 9.98. The highest BCUT2D eigenvalue weighted by Gasteiger charge is 2.42. The summed E-state index contributed by atoms with van der Waals surface area (Å²) in [6.07, 6.45) is 4.01. The number of carbonyl (C=O) groups excluding carboxylic acids is 2. The number of aromatic amines is 1. The maximum atomic E-state index is 13.4. The van der Waals surface area contributed by atoms with Gasteiger partial charge in [-0.25, -0.2) is 13.4 Å². The summed E-state index contributed by atoms with van der Waals surface area (Å²) < 4.78 is 70.3. The molecule has 0 spiro atoms. The predicted octanol–water partition coefficient (Wildman–Crippen LogP) is 5.05. The van der Waals surface area contributed by atoms with Gasteiger partial charge in [0, 0.05) is 44.7 Å². The zero-order valence-electron chi connectivity index (χ0n) is 24.9. The van der Waals surface area contributed by atoms with E-state index in [9.17, 15) is 26.8 Å². The molecule has 1 aliphatic carbocycles. The largest absolute Gasteiger partial charge is 0.489 e. The number of ether oxygens (including phenoxy) is 3. The molecular formula is C31H32Cl2F2N3O7S+. The van der Waals surface area contributed by atoms with Gasteiger partial charge in [-0.05, 0) is 54.7 Å². The van der Waals surface area contributed by atoms with E-state index in [0.29, 0.717) is 23.7 Å². The number of esters is 1. The van der Waals surface area contributed by atoms with Crippen molar-refractivity contribution < 1.29 is 46.0 Å². The standard InChI is InChI=1S/C31H31Cl2F2N3O7S/c1-37(2)29(39)20-4-3-5-22(10-20)46(41,42)38-15-21(16-38)30(40)44-27(12-23-24(32)13-36-14-25(23)33)19-8-9-26(45-31(34)35)28(11-19)43-17-18-6-7-18/h3-5,8-11,13-14,18,21,27,31H,6-7,12,15-17H2,1-2H3/p+1/t27-/m0/s1. The Hall–Kier alpha value is -3.52. The summed E-state index contributed by atoms with van der Waals surface area (Å²) in [5.74, 6) is -1.57. The molecule has 2 heterocycles. The van der Waals surface area contributed by atoms with Crippen LogP contribution in [0.4, 0.5) is 8.78 Å². The smallest absolute Gasteiger partial charge is 0.387 e. The first-order chi connectivity index (χ1) is 21.8. The fourth-order valence-electron chi connectivity index (χ4n) is 4.82. The van der Waals surface area contributed by atoms with Crippen molar-refractivity contribution in [2.75, 3.05) is 33.8 Å². The van der Waals surface area contributed by atoms with Gasteiger partial charge in [0.25, 0.3) is 5.91 Å². The number of nitrogens with one attached hydrogen (secondary N) is 1. The first kappa shape index (κ1) is 33.8. The van der Waals surface area contributed by atoms with Gasteiger partial charge in [0.1, 0.15) is 16.1 Å². The fraction of sp³-hybridized carbons (Fsp3) is 0.387. The molecule has 46 heavy (non-hydrogen) atoms. The lowest BCUT2D eigenvalue weighted by molar-refractivity contribution is -0.377. The normalized spacial score (nSPS) is 16.1. The molecule has 15 heteroatoms. The molecule has 1 aromatic heterocycles. The van der Waals surface area contributed by atoms with Crippen LogP contribution in [0.3, 0.4) is 0 Å². The topological polar surface area (TPSA) is 117 Å². The van der Waals surface area contributed by atoms with E-state index in [-0.39, 0.29) is 57.4 Å². The zero-order valence-corrected chi connectivity index (χ0v) is 27.2. The third kappa shape index (κ3) is 7.88. The maximum absolute atomic E-state index is 13.4. The molecule has 1 saturated carbocycles. The van der Waals surface area contributed by atoms with Gasteiger partial charge in [-0.1, -0.05) is 35.3 Å². The van der Waals surface area contributed by atoms with Crippen molar-refractivity contribution in [2.45, 2.75) is 36.9 Å². The van der Waals surface area contributed by atoms with Crippen molar-refractivity contribution in [3.05, 3.63) is 81.6 Å². The van der Waals surface area contributed by atoms with Crippen molar-refractivity contribution in [1.29, 1.82) is 0 Å². The number of rotatable bonds is 13. The Kier molecular flexibility index (Phi) is 10.4. The van der Waals surface area contributed by atoms with Crippen LogP contribution in [0.2, 0.25) is 10.0 Å². The van der Waals surface area contributed by atoms with Gasteiger partial charge in [0.05, 0.1) is 17.4 Å². The maximum Gasteiger partial charge on any atom is 0.387 e. The summed E-state index contributed by atoms with van der Waals surface area (Å²) in [7, 11) is -0.868. The van der Waals surface area contributed by atoms with E-state index in [4.69, 9.17) is 32.7 Å². The number of carbonyl (C=O) groups is 2. The van der Waals surface area contributed by atoms with Crippen LogP contribution >= 0.6 is 23.2 Å². The SMILES string of the molecule is CN(C)C(=O)c1cccc(S(=O)(=O)N2CC(C(=O)O[C@@H](Cc3c(Cl)c[nH+]cc3Cl)c3ccc(OC(F)F)c(OCC4CC4)c3)C2)c1. The zero-order chi connectivity index (χ0) is 33.2. The lowest BCUT2D eigenvalue weighted by Gasteiger charge is -2.37. The quantitative estimate of drug-likeness (QED) is 0.230. The van der Waals surface area contributed by atoms with E-state index in [1.165, 1.54) is 59.8 Å². The molecule has 0 radical (unpaired) electrons. The number of H-pyrrole nitrogens is 1. The number of amides is 1. The van der Waals surface area contributed by atoms with Gasteiger partial charge in [0.15, 0.2) is 23.9 Å². The van der Waals surface area contributed by atoms with Crippen molar-refractivity contribution in [1.82, 2.24) is 9.21 Å². The van der Waals surface area contributed by atoms with Gasteiger partial charge < -0.3 is 19.1 Å². The second-order valence-electron chi connectivity index (χ2n) is 11.3. The molecule has 1 saturated heterocycles. The van der Waals surface area contributed by atoms with E-state index >= 15 is 0 Å². The molecule has 2 aliphatic rings. The second kappa shape index (κ2) is 14.1. The van der Waals surface area contributed by atoms with Crippen molar-refractivity contribution in [2.24, 2.45) is 11.8 Å². The molecule has 1 atom stereocenters. The third-order valence-electron chi connectivity index (χ3n) is 7.68. The Morgan fingerprint density at radius 2 is 1.74 bits per heavy atom. The molecule has 5 rings (SSSR count). The molecule has 1 amide bonds. The number of aromatic nitrogens is 1. The van der Waals surface area contributed by atoms with Gasteiger partial charge in [-0.15, -0.1) is 0 Å². The minimum Gasteiger partial charge on any atom is -0.489 e. The van der Waals surface area contributed by atoms with Gasteiger partial charge >= 0.3 is 12.6 Å². The molecule has 2 aromatic carbocycles. The Morgan fingerprint density at radius 3 is 2.37 bits per heavy atom. The summed E-state index contributed by atoms with van der Waals surface area (Å²) >= 11 is 12.8. The third-order valence-corrected chi connectivity index (χ3v) is 10.2. The molecule has 0 bridgehead atoms. The van der Waals surface area contributed by atoms with Crippen LogP contribution in [0, 0.1) is 11.8 Å². The predicted molar refractivity (Wildman–Crippen MR) is 164 cm³/mol. The Labute approximate surface area is 275 Å². The van der Waals surface area contributed by atoms with Gasteiger partial charge in [-0.2, -0.15) is 13.1 Å². The lowest BCUT2D eigenvalue weighted by Crippen LogP contribution is -2.53. The van der Waals surface area contributed by atoms with Gasteiger partial charge in [-0.3, -0.25) is 9.59 Å². The number of hydrogen-bond acceptors (Lipinski definition) is 7. The van der Waals surface area contributed by atoms with Crippen LogP contribution in [0.5, 0.6) is 11.5 Å². The number of benzene rings is 2. The van der Waals surface area contributed by atoms with E-state index in [1.807, 2.05) is 0 Å². The summed E-state index contributed by atoms with van der Waals surface area (Å²) in [6.45, 7) is -3.04. The molecular weight excluding hydrogens is 667 g/mol. The fourth-order valence-corrected chi connectivity index (χ4v) is 6.93. The minimum atomic E-state index is -3.99. The number of nitrogens with zero attached hydrogens (tertiary/aromatic N) is 2. The summed E-state index contributed by atoms with van der Waals surface area (Å²) in [5, 5.41) is 0.569. The van der Waals surface area contributed by atoms with E-state index < -0.39 is 34.6 Å². The highest BCUT2D eigenvalue weighted by molar-refractivity contribution is 7.89. The number of alkyl halides is 2. The van der Waals surface area contributed by atoms with Gasteiger partial charge in [0.2, 0.25) is 10.0 Å². The summed E-state index contributed by atoms with van der Waals surface area (Å²) in [4.78, 5) is 29.8. The highest BCUT2D eigenvalue weighted by atomic mass is 35.5. The molecule has 0 unspecified atom stereocenters. The molecule has 1 aliphatic heterocycles. The monoisotopic (exact) mass is 698 g/mol. The van der Waals surface area contributed by atoms with Crippen LogP contribution < -0.4 is 14.5 Å². The molecule has 3 aromatic rings. The van der Waals surface area contributed by atoms with E-state index in [1.54, 1.807) is 14.1 Å². The average molecular weight is 700 g/mol. The molecule has 246 valence electrons. The number of hydrogen-bond donors (Lipinski definition) is 0. The van der Waals surface area contributed by atoms with Crippen LogP contribution in [0.1, 0.15) is 40.4 Å². The first-order valence-corrected chi connectivity index (χ1v) is 16.6. The molecule has 2 fully saturated rings. The van der Waals surface area contributed by atoms with Crippen molar-refractivity contribution in [3.8, 4) is 11.5 Å². The Morgan fingerprint density at radius 1 is 1.04 bits per heavy atom. The van der Waals surface area contributed by atoms with Crippen LogP contribution in [0.25, 0.3) is 0 Å². The van der Waals surface area contributed by atoms with E-state index in [2.05, 4.69) is 9.72 Å². The number of sulfonamides is 1. The minimum absolute atomic E-state index is 0.0244. The first-order valence-electron chi connectivity index (χ1n) is 14.4. The Balaban J connectivity index is 1.35. The second-order valence-corrected chi connectivity index (χ2v) is 14.1. The van der Waals surface area contributed by atoms with Crippen LogP contribution in [0.15, 0.2) is 59.8 Å². The average Bonchev–Trinajstić information content (AvgIpc) is 3.81. The number of pyridine rings is 1. The van der Waals surface area contributed by atoms with Crippen molar-refractivity contribution in [3.63, 3.8) is 0 Å². The van der Waals surface area contributed by atoms with E-state index in [0.717, 1.165) is 17.1 Å². The molecule has 10 nitrogen and oxygen atoms in total. The highest BCUT2D eigenvalue weighted by Crippen LogP contribution is 2.38.